The van der Waals surface area contributed by atoms with Gasteiger partial charge in [0.2, 0.25) is 0 Å². The molecule has 0 aromatic carbocycles. The molecule has 96 valence electrons. The van der Waals surface area contributed by atoms with Gasteiger partial charge in [-0.3, -0.25) is 9.78 Å². The summed E-state index contributed by atoms with van der Waals surface area (Å²) >= 11 is 0. The standard InChI is InChI=1S/C12H15N3O3/c13-11(16)10-9(12(17)18)8(4-5-14-10)15-6-2-1-3-7-15/h4-5H,1-3,6-7H2,(H2,13,16)(H,17,18). The molecule has 3 N–H and O–H groups in total. The molecule has 6 nitrogen and oxygen atoms in total. The molecule has 1 aliphatic rings. The van der Waals surface area contributed by atoms with Gasteiger partial charge < -0.3 is 15.7 Å². The smallest absolute Gasteiger partial charge is 0.340 e. The van der Waals surface area contributed by atoms with Gasteiger partial charge in [-0.25, -0.2) is 4.79 Å². The van der Waals surface area contributed by atoms with Crippen molar-refractivity contribution in [3.05, 3.63) is 23.5 Å². The quantitative estimate of drug-likeness (QED) is 0.828. The maximum Gasteiger partial charge on any atom is 0.340 e. The monoisotopic (exact) mass is 249 g/mol. The third-order valence-electron chi connectivity index (χ3n) is 3.07. The zero-order valence-electron chi connectivity index (χ0n) is 9.93. The Morgan fingerprint density at radius 3 is 2.50 bits per heavy atom. The summed E-state index contributed by atoms with van der Waals surface area (Å²) in [6.45, 7) is 1.59. The number of carboxylic acids is 1. The fourth-order valence-electron chi connectivity index (χ4n) is 2.25. The van der Waals surface area contributed by atoms with Crippen LogP contribution in [0.3, 0.4) is 0 Å². The first-order valence-corrected chi connectivity index (χ1v) is 5.88. The van der Waals surface area contributed by atoms with Gasteiger partial charge in [0, 0.05) is 19.3 Å². The number of pyridine rings is 1. The minimum absolute atomic E-state index is 0.0908. The van der Waals surface area contributed by atoms with Crippen LogP contribution in [0, 0.1) is 0 Å². The Hall–Kier alpha value is -2.11. The van der Waals surface area contributed by atoms with Crippen molar-refractivity contribution in [2.24, 2.45) is 5.73 Å². The Morgan fingerprint density at radius 2 is 1.94 bits per heavy atom. The molecule has 0 atom stereocenters. The second-order valence-electron chi connectivity index (χ2n) is 4.27. The normalized spacial score (nSPS) is 15.4. The van der Waals surface area contributed by atoms with E-state index in [0.29, 0.717) is 5.69 Å². The number of carboxylic acid groups (broad SMARTS) is 1. The Labute approximate surface area is 104 Å². The molecule has 1 aliphatic heterocycles. The molecule has 0 spiro atoms. The van der Waals surface area contributed by atoms with E-state index in [1.54, 1.807) is 6.07 Å². The van der Waals surface area contributed by atoms with Crippen molar-refractivity contribution in [1.29, 1.82) is 0 Å². The topological polar surface area (TPSA) is 96.5 Å². The van der Waals surface area contributed by atoms with Gasteiger partial charge in [0.05, 0.1) is 5.69 Å². The molecule has 1 fully saturated rings. The molecule has 1 amide bonds. The number of anilines is 1. The number of hydrogen-bond acceptors (Lipinski definition) is 4. The van der Waals surface area contributed by atoms with Crippen molar-refractivity contribution in [2.75, 3.05) is 18.0 Å². The molecule has 6 heteroatoms. The molecule has 0 radical (unpaired) electrons. The third kappa shape index (κ3) is 2.27. The first-order valence-electron chi connectivity index (χ1n) is 5.88. The molecule has 0 saturated carbocycles. The van der Waals surface area contributed by atoms with Gasteiger partial charge in [-0.2, -0.15) is 0 Å². The van der Waals surface area contributed by atoms with Crippen LogP contribution < -0.4 is 10.6 Å². The Morgan fingerprint density at radius 1 is 1.28 bits per heavy atom. The maximum absolute atomic E-state index is 11.3. The molecule has 2 heterocycles. The van der Waals surface area contributed by atoms with Crippen molar-refractivity contribution in [1.82, 2.24) is 4.98 Å². The maximum atomic E-state index is 11.3. The number of amides is 1. The van der Waals surface area contributed by atoms with E-state index in [1.807, 2.05) is 4.90 Å². The number of nitrogens with two attached hydrogens (primary N) is 1. The van der Waals surface area contributed by atoms with Crippen LogP contribution in [0.4, 0.5) is 5.69 Å². The summed E-state index contributed by atoms with van der Waals surface area (Å²) in [5.74, 6) is -1.98. The molecular formula is C12H15N3O3. The van der Waals surface area contributed by atoms with Crippen LogP contribution in [0.25, 0.3) is 0 Å². The highest BCUT2D eigenvalue weighted by molar-refractivity contribution is 6.06. The molecule has 0 unspecified atom stereocenters. The third-order valence-corrected chi connectivity index (χ3v) is 3.07. The minimum atomic E-state index is -1.17. The van der Waals surface area contributed by atoms with E-state index < -0.39 is 11.9 Å². The number of primary amides is 1. The summed E-state index contributed by atoms with van der Waals surface area (Å²) in [6.07, 6.45) is 4.61. The SMILES string of the molecule is NC(=O)c1nccc(N2CCCCC2)c1C(=O)O. The molecule has 0 aliphatic carbocycles. The van der Waals surface area contributed by atoms with E-state index in [4.69, 9.17) is 5.73 Å². The number of hydrogen-bond donors (Lipinski definition) is 2. The van der Waals surface area contributed by atoms with Gasteiger partial charge in [0.25, 0.3) is 5.91 Å². The highest BCUT2D eigenvalue weighted by Crippen LogP contribution is 2.25. The van der Waals surface area contributed by atoms with Crippen LogP contribution in [0.15, 0.2) is 12.3 Å². The van der Waals surface area contributed by atoms with Crippen LogP contribution in [0.5, 0.6) is 0 Å². The van der Waals surface area contributed by atoms with Crippen LogP contribution in [0.2, 0.25) is 0 Å². The summed E-state index contributed by atoms with van der Waals surface area (Å²) in [5, 5.41) is 9.25. The molecule has 1 aromatic rings. The van der Waals surface area contributed by atoms with Gasteiger partial charge in [-0.05, 0) is 25.3 Å². The summed E-state index contributed by atoms with van der Waals surface area (Å²) in [6, 6.07) is 1.63. The largest absolute Gasteiger partial charge is 0.478 e. The second-order valence-corrected chi connectivity index (χ2v) is 4.27. The average molecular weight is 249 g/mol. The molecule has 2 rings (SSSR count). The summed E-state index contributed by atoms with van der Waals surface area (Å²) in [7, 11) is 0. The number of aromatic carboxylic acids is 1. The average Bonchev–Trinajstić information content (AvgIpc) is 2.38. The van der Waals surface area contributed by atoms with Crippen molar-refractivity contribution >= 4 is 17.6 Å². The lowest BCUT2D eigenvalue weighted by Crippen LogP contribution is -2.32. The lowest BCUT2D eigenvalue weighted by molar-refractivity contribution is 0.0691. The van der Waals surface area contributed by atoms with Crippen LogP contribution in [-0.4, -0.2) is 35.1 Å². The zero-order chi connectivity index (χ0) is 13.1. The Bertz CT molecular complexity index is 481. The van der Waals surface area contributed by atoms with E-state index >= 15 is 0 Å². The van der Waals surface area contributed by atoms with Gasteiger partial charge in [-0.15, -0.1) is 0 Å². The highest BCUT2D eigenvalue weighted by Gasteiger charge is 2.24. The van der Waals surface area contributed by atoms with E-state index in [0.717, 1.165) is 32.4 Å². The van der Waals surface area contributed by atoms with E-state index in [9.17, 15) is 14.7 Å². The van der Waals surface area contributed by atoms with Crippen LogP contribution in [0.1, 0.15) is 40.1 Å². The van der Waals surface area contributed by atoms with Crippen molar-refractivity contribution in [3.63, 3.8) is 0 Å². The van der Waals surface area contributed by atoms with Crippen molar-refractivity contribution in [3.8, 4) is 0 Å². The number of carbonyl (C=O) groups excluding carboxylic acids is 1. The van der Waals surface area contributed by atoms with E-state index in [-0.39, 0.29) is 11.3 Å². The van der Waals surface area contributed by atoms with Crippen molar-refractivity contribution < 1.29 is 14.7 Å². The predicted octanol–water partition coefficient (Wildman–Crippen LogP) is 0.869. The molecule has 1 aromatic heterocycles. The van der Waals surface area contributed by atoms with Gasteiger partial charge >= 0.3 is 5.97 Å². The summed E-state index contributed by atoms with van der Waals surface area (Å²) in [5.41, 5.74) is 5.43. The first-order chi connectivity index (χ1) is 8.61. The van der Waals surface area contributed by atoms with E-state index in [2.05, 4.69) is 4.98 Å². The first kappa shape index (κ1) is 12.3. The number of rotatable bonds is 3. The number of piperidine rings is 1. The van der Waals surface area contributed by atoms with Gasteiger partial charge in [0.15, 0.2) is 0 Å². The minimum Gasteiger partial charge on any atom is -0.478 e. The Balaban J connectivity index is 2.48. The fourth-order valence-corrected chi connectivity index (χ4v) is 2.25. The highest BCUT2D eigenvalue weighted by atomic mass is 16.4. The number of carbonyl (C=O) groups is 2. The molecule has 1 saturated heterocycles. The Kier molecular flexibility index (Phi) is 3.45. The summed E-state index contributed by atoms with van der Waals surface area (Å²) < 4.78 is 0. The van der Waals surface area contributed by atoms with Gasteiger partial charge in [-0.1, -0.05) is 0 Å². The number of nitrogens with zero attached hydrogens (tertiary/aromatic N) is 2. The predicted molar refractivity (Wildman–Crippen MR) is 65.8 cm³/mol. The summed E-state index contributed by atoms with van der Waals surface area (Å²) in [4.78, 5) is 28.3. The number of aromatic nitrogens is 1. The fraction of sp³-hybridized carbons (Fsp3) is 0.417. The van der Waals surface area contributed by atoms with Crippen LogP contribution in [-0.2, 0) is 0 Å². The van der Waals surface area contributed by atoms with Crippen molar-refractivity contribution in [2.45, 2.75) is 19.3 Å². The molecular weight excluding hydrogens is 234 g/mol. The lowest BCUT2D eigenvalue weighted by Gasteiger charge is -2.30. The lowest BCUT2D eigenvalue weighted by atomic mass is 10.1. The molecule has 18 heavy (non-hydrogen) atoms. The second kappa shape index (κ2) is 5.03. The van der Waals surface area contributed by atoms with Crippen LogP contribution >= 0.6 is 0 Å². The molecule has 0 bridgehead atoms. The zero-order valence-corrected chi connectivity index (χ0v) is 9.93. The van der Waals surface area contributed by atoms with E-state index in [1.165, 1.54) is 6.20 Å². The van der Waals surface area contributed by atoms with Gasteiger partial charge in [0.1, 0.15) is 11.3 Å².